The fourth-order valence-corrected chi connectivity index (χ4v) is 5.15. The van der Waals surface area contributed by atoms with Gasteiger partial charge in [-0.1, -0.05) is 12.1 Å². The number of hydrogen-bond donors (Lipinski definition) is 0. The first-order chi connectivity index (χ1) is 12.9. The predicted molar refractivity (Wildman–Crippen MR) is 96.7 cm³/mol. The topological polar surface area (TPSA) is 107 Å². The van der Waals surface area contributed by atoms with E-state index in [1.807, 2.05) is 18.2 Å². The van der Waals surface area contributed by atoms with Gasteiger partial charge in [-0.25, -0.2) is 8.42 Å². The molecule has 1 saturated heterocycles. The lowest BCUT2D eigenvalue weighted by molar-refractivity contribution is -0.134. The van der Waals surface area contributed by atoms with Crippen LogP contribution >= 0.6 is 0 Å². The van der Waals surface area contributed by atoms with Crippen LogP contribution in [0.15, 0.2) is 24.3 Å². The molecule has 1 aromatic carbocycles. The molecule has 4 rings (SSSR count). The third-order valence-corrected chi connectivity index (χ3v) is 6.64. The minimum atomic E-state index is -3.05. The summed E-state index contributed by atoms with van der Waals surface area (Å²) < 4.78 is 28.8. The van der Waals surface area contributed by atoms with E-state index in [1.165, 1.54) is 4.80 Å². The highest BCUT2D eigenvalue weighted by Gasteiger charge is 2.42. The van der Waals surface area contributed by atoms with Gasteiger partial charge in [-0.15, -0.1) is 10.2 Å². The van der Waals surface area contributed by atoms with Crippen molar-refractivity contribution in [1.29, 1.82) is 0 Å². The molecule has 0 radical (unpaired) electrons. The van der Waals surface area contributed by atoms with Crippen LogP contribution in [0.2, 0.25) is 0 Å². The lowest BCUT2D eigenvalue weighted by Crippen LogP contribution is -2.44. The molecule has 2 aliphatic rings. The van der Waals surface area contributed by atoms with Crippen molar-refractivity contribution < 1.29 is 17.9 Å². The average molecular weight is 391 g/mol. The molecule has 0 unspecified atom stereocenters. The molecule has 9 nitrogen and oxygen atoms in total. The molecule has 1 atom stereocenters. The van der Waals surface area contributed by atoms with Gasteiger partial charge in [-0.05, 0) is 36.6 Å². The second-order valence-electron chi connectivity index (χ2n) is 6.96. The number of tetrazole rings is 1. The summed E-state index contributed by atoms with van der Waals surface area (Å²) in [6, 6.07) is 7.18. The fourth-order valence-electron chi connectivity index (χ4n) is 3.44. The molecule has 0 bridgehead atoms. The summed E-state index contributed by atoms with van der Waals surface area (Å²) >= 11 is 0. The molecule has 144 valence electrons. The molecule has 2 fully saturated rings. The Hall–Kier alpha value is -2.49. The Morgan fingerprint density at radius 1 is 1.30 bits per heavy atom. The zero-order chi connectivity index (χ0) is 19.0. The molecule has 1 amide bonds. The van der Waals surface area contributed by atoms with E-state index in [4.69, 9.17) is 4.74 Å². The van der Waals surface area contributed by atoms with E-state index in [2.05, 4.69) is 15.4 Å². The molecular formula is C17H21N5O4S. The maximum Gasteiger partial charge on any atom is 0.246 e. The van der Waals surface area contributed by atoms with Crippen LogP contribution in [0.3, 0.4) is 0 Å². The summed E-state index contributed by atoms with van der Waals surface area (Å²) in [7, 11) is -1.47. The monoisotopic (exact) mass is 391 g/mol. The summed E-state index contributed by atoms with van der Waals surface area (Å²) in [5, 5.41) is 12.3. The Bertz CT molecular complexity index is 954. The Kier molecular flexibility index (Phi) is 4.58. The summed E-state index contributed by atoms with van der Waals surface area (Å²) in [6.07, 6.45) is 2.34. The molecule has 1 aliphatic heterocycles. The number of ether oxygens (including phenoxy) is 1. The molecule has 1 aromatic heterocycles. The lowest BCUT2D eigenvalue weighted by Gasteiger charge is -2.28. The van der Waals surface area contributed by atoms with Crippen LogP contribution in [-0.2, 0) is 21.2 Å². The SMILES string of the molecule is COc1cccc(-c2nnn(CC(=O)N(C3CC3)[C@H]3CCS(=O)(=O)C3)n2)c1. The second kappa shape index (κ2) is 6.91. The van der Waals surface area contributed by atoms with Crippen LogP contribution in [-0.4, -0.2) is 70.1 Å². The van der Waals surface area contributed by atoms with Gasteiger partial charge in [0.1, 0.15) is 12.3 Å². The van der Waals surface area contributed by atoms with Crippen LogP contribution in [0.1, 0.15) is 19.3 Å². The molecule has 2 aromatic rings. The zero-order valence-corrected chi connectivity index (χ0v) is 15.8. The smallest absolute Gasteiger partial charge is 0.246 e. The highest BCUT2D eigenvalue weighted by Crippen LogP contribution is 2.32. The van der Waals surface area contributed by atoms with Crippen molar-refractivity contribution in [2.75, 3.05) is 18.6 Å². The van der Waals surface area contributed by atoms with Crippen molar-refractivity contribution in [2.45, 2.75) is 37.9 Å². The van der Waals surface area contributed by atoms with E-state index in [1.54, 1.807) is 18.1 Å². The molecule has 0 spiro atoms. The van der Waals surface area contributed by atoms with Crippen molar-refractivity contribution in [2.24, 2.45) is 0 Å². The normalized spacial score (nSPS) is 21.1. The van der Waals surface area contributed by atoms with Gasteiger partial charge in [0.05, 0.1) is 18.6 Å². The number of methoxy groups -OCH3 is 1. The average Bonchev–Trinajstić information content (AvgIpc) is 3.25. The number of amides is 1. The summed E-state index contributed by atoms with van der Waals surface area (Å²) in [5.41, 5.74) is 0.744. The minimum Gasteiger partial charge on any atom is -0.497 e. The van der Waals surface area contributed by atoms with Crippen LogP contribution in [0.5, 0.6) is 5.75 Å². The molecule has 1 saturated carbocycles. The minimum absolute atomic E-state index is 0.0507. The first-order valence-electron chi connectivity index (χ1n) is 8.89. The Morgan fingerprint density at radius 2 is 2.11 bits per heavy atom. The van der Waals surface area contributed by atoms with Crippen molar-refractivity contribution >= 4 is 15.7 Å². The van der Waals surface area contributed by atoms with Gasteiger partial charge in [-0.3, -0.25) is 4.79 Å². The number of sulfone groups is 1. The van der Waals surface area contributed by atoms with Gasteiger partial charge in [0.15, 0.2) is 9.84 Å². The third kappa shape index (κ3) is 3.95. The second-order valence-corrected chi connectivity index (χ2v) is 9.19. The van der Waals surface area contributed by atoms with E-state index in [0.29, 0.717) is 18.0 Å². The molecular weight excluding hydrogens is 370 g/mol. The Labute approximate surface area is 157 Å². The van der Waals surface area contributed by atoms with E-state index in [0.717, 1.165) is 18.4 Å². The van der Waals surface area contributed by atoms with Crippen molar-refractivity contribution in [1.82, 2.24) is 25.1 Å². The quantitative estimate of drug-likeness (QED) is 0.707. The predicted octanol–water partition coefficient (Wildman–Crippen LogP) is 0.527. The van der Waals surface area contributed by atoms with Crippen LogP contribution in [0.4, 0.5) is 0 Å². The van der Waals surface area contributed by atoms with Gasteiger partial charge >= 0.3 is 0 Å². The number of carbonyl (C=O) groups is 1. The standard InChI is InChI=1S/C17H21N5O4S/c1-26-15-4-2-3-12(9-15)17-18-20-21(19-17)10-16(23)22(13-5-6-13)14-7-8-27(24,25)11-14/h2-4,9,13-14H,5-8,10-11H2,1H3/t14-/m0/s1. The maximum atomic E-state index is 12.8. The van der Waals surface area contributed by atoms with Gasteiger partial charge in [0, 0.05) is 17.6 Å². The Balaban J connectivity index is 1.48. The first kappa shape index (κ1) is 17.9. The van der Waals surface area contributed by atoms with Crippen LogP contribution in [0.25, 0.3) is 11.4 Å². The first-order valence-corrected chi connectivity index (χ1v) is 10.7. The number of nitrogens with zero attached hydrogens (tertiary/aromatic N) is 5. The summed E-state index contributed by atoms with van der Waals surface area (Å²) in [6.45, 7) is -0.0516. The zero-order valence-electron chi connectivity index (χ0n) is 15.0. The van der Waals surface area contributed by atoms with Crippen LogP contribution < -0.4 is 4.74 Å². The van der Waals surface area contributed by atoms with E-state index >= 15 is 0 Å². The summed E-state index contributed by atoms with van der Waals surface area (Å²) in [4.78, 5) is 15.8. The van der Waals surface area contributed by atoms with E-state index in [-0.39, 0.29) is 36.0 Å². The number of rotatable bonds is 6. The highest BCUT2D eigenvalue weighted by molar-refractivity contribution is 7.91. The number of benzene rings is 1. The van der Waals surface area contributed by atoms with Gasteiger partial charge in [-0.2, -0.15) is 4.80 Å². The lowest BCUT2D eigenvalue weighted by atomic mass is 10.2. The molecule has 27 heavy (non-hydrogen) atoms. The van der Waals surface area contributed by atoms with E-state index < -0.39 is 9.84 Å². The van der Waals surface area contributed by atoms with Gasteiger partial charge in [0.25, 0.3) is 0 Å². The molecule has 2 heterocycles. The maximum absolute atomic E-state index is 12.8. The van der Waals surface area contributed by atoms with Crippen molar-refractivity contribution in [3.63, 3.8) is 0 Å². The largest absolute Gasteiger partial charge is 0.497 e. The highest BCUT2D eigenvalue weighted by atomic mass is 32.2. The molecule has 0 N–H and O–H groups in total. The van der Waals surface area contributed by atoms with Crippen molar-refractivity contribution in [3.8, 4) is 17.1 Å². The summed E-state index contributed by atoms with van der Waals surface area (Å²) in [5.74, 6) is 1.13. The molecule has 10 heteroatoms. The van der Waals surface area contributed by atoms with Gasteiger partial charge in [0.2, 0.25) is 11.7 Å². The van der Waals surface area contributed by atoms with E-state index in [9.17, 15) is 13.2 Å². The Morgan fingerprint density at radius 3 is 2.78 bits per heavy atom. The third-order valence-electron chi connectivity index (χ3n) is 4.89. The number of carbonyl (C=O) groups excluding carboxylic acids is 1. The van der Waals surface area contributed by atoms with Crippen LogP contribution in [0, 0.1) is 0 Å². The van der Waals surface area contributed by atoms with Gasteiger partial charge < -0.3 is 9.64 Å². The number of aromatic nitrogens is 4. The van der Waals surface area contributed by atoms with Crippen molar-refractivity contribution in [3.05, 3.63) is 24.3 Å². The molecule has 1 aliphatic carbocycles. The number of hydrogen-bond acceptors (Lipinski definition) is 7. The fraction of sp³-hybridized carbons (Fsp3) is 0.529.